The third-order valence-electron chi connectivity index (χ3n) is 3.52. The van der Waals surface area contributed by atoms with Gasteiger partial charge in [0.15, 0.2) is 11.5 Å². The van der Waals surface area contributed by atoms with E-state index in [0.29, 0.717) is 23.4 Å². The predicted octanol–water partition coefficient (Wildman–Crippen LogP) is 1.35. The Balaban J connectivity index is 2.16. The van der Waals surface area contributed by atoms with Crippen LogP contribution in [0.4, 0.5) is 0 Å². The summed E-state index contributed by atoms with van der Waals surface area (Å²) in [4.78, 5) is 13.0. The summed E-state index contributed by atoms with van der Waals surface area (Å²) in [6.45, 7) is 1.66. The molecule has 1 aromatic rings. The second-order valence-electron chi connectivity index (χ2n) is 5.20. The zero-order chi connectivity index (χ0) is 15.2. The average molecular weight is 291 g/mol. The van der Waals surface area contributed by atoms with Crippen molar-refractivity contribution in [3.8, 4) is 11.5 Å². The molecule has 0 bridgehead atoms. The standard InChI is InChI=1S/C16H21NO4/c1-17-6-5-14(9-17)21-15-4-3-12(8-16(15)20-2)7-13(10-18)11-19/h3-4,7-8,10,14,19H,5-6,9,11H2,1-2H3/b13-7+. The molecule has 5 nitrogen and oxygen atoms in total. The molecule has 1 aromatic carbocycles. The molecular formula is C16H21NO4. The van der Waals surface area contributed by atoms with Gasteiger partial charge in [0.25, 0.3) is 0 Å². The molecule has 0 saturated carbocycles. The van der Waals surface area contributed by atoms with Gasteiger partial charge in [-0.05, 0) is 37.2 Å². The Hall–Kier alpha value is -1.85. The van der Waals surface area contributed by atoms with Crippen LogP contribution in [0.2, 0.25) is 0 Å². The molecule has 21 heavy (non-hydrogen) atoms. The van der Waals surface area contributed by atoms with Crippen LogP contribution in [0.25, 0.3) is 6.08 Å². The monoisotopic (exact) mass is 291 g/mol. The number of carbonyl (C=O) groups is 1. The molecule has 0 spiro atoms. The summed E-state index contributed by atoms with van der Waals surface area (Å²) in [6.07, 6.45) is 3.45. The van der Waals surface area contributed by atoms with Gasteiger partial charge < -0.3 is 19.5 Å². The number of benzene rings is 1. The van der Waals surface area contributed by atoms with Gasteiger partial charge in [-0.2, -0.15) is 0 Å². The molecule has 0 aromatic heterocycles. The van der Waals surface area contributed by atoms with Gasteiger partial charge in [-0.3, -0.25) is 4.79 Å². The Kier molecular flexibility index (Phi) is 5.36. The van der Waals surface area contributed by atoms with Gasteiger partial charge in [0.2, 0.25) is 0 Å². The van der Waals surface area contributed by atoms with Crippen molar-refractivity contribution in [2.75, 3.05) is 33.9 Å². The number of aliphatic hydroxyl groups excluding tert-OH is 1. The average Bonchev–Trinajstić information content (AvgIpc) is 2.91. The third-order valence-corrected chi connectivity index (χ3v) is 3.52. The number of likely N-dealkylation sites (tertiary alicyclic amines) is 1. The van der Waals surface area contributed by atoms with Gasteiger partial charge in [-0.25, -0.2) is 0 Å². The topological polar surface area (TPSA) is 59.0 Å². The van der Waals surface area contributed by atoms with Crippen LogP contribution in [0, 0.1) is 0 Å². The lowest BCUT2D eigenvalue weighted by Gasteiger charge is -2.16. The minimum absolute atomic E-state index is 0.174. The minimum Gasteiger partial charge on any atom is -0.493 e. The van der Waals surface area contributed by atoms with Crippen LogP contribution in [0.5, 0.6) is 11.5 Å². The van der Waals surface area contributed by atoms with E-state index in [0.717, 1.165) is 25.1 Å². The van der Waals surface area contributed by atoms with Crippen molar-refractivity contribution in [2.24, 2.45) is 0 Å². The fraction of sp³-hybridized carbons (Fsp3) is 0.438. The number of methoxy groups -OCH3 is 1. The van der Waals surface area contributed by atoms with E-state index in [2.05, 4.69) is 11.9 Å². The maximum absolute atomic E-state index is 10.7. The third kappa shape index (κ3) is 4.06. The van der Waals surface area contributed by atoms with Crippen molar-refractivity contribution in [1.82, 2.24) is 4.90 Å². The van der Waals surface area contributed by atoms with Crippen molar-refractivity contribution in [1.29, 1.82) is 0 Å². The number of hydrogen-bond acceptors (Lipinski definition) is 5. The molecule has 1 fully saturated rings. The molecule has 114 valence electrons. The van der Waals surface area contributed by atoms with E-state index in [1.807, 2.05) is 12.1 Å². The highest BCUT2D eigenvalue weighted by Gasteiger charge is 2.22. The van der Waals surface area contributed by atoms with E-state index in [1.54, 1.807) is 19.3 Å². The van der Waals surface area contributed by atoms with Crippen LogP contribution in [-0.4, -0.2) is 56.3 Å². The summed E-state index contributed by atoms with van der Waals surface area (Å²) in [7, 11) is 3.66. The van der Waals surface area contributed by atoms with E-state index in [9.17, 15) is 4.79 Å². The lowest BCUT2D eigenvalue weighted by atomic mass is 10.1. The SMILES string of the molecule is COc1cc(/C=C(\C=O)CO)ccc1OC1CCN(C)C1. The zero-order valence-corrected chi connectivity index (χ0v) is 12.4. The predicted molar refractivity (Wildman–Crippen MR) is 80.7 cm³/mol. The molecule has 0 aliphatic carbocycles. The summed E-state index contributed by atoms with van der Waals surface area (Å²) in [5.74, 6) is 1.33. The highest BCUT2D eigenvalue weighted by molar-refractivity contribution is 5.82. The molecule has 1 aliphatic heterocycles. The first-order valence-corrected chi connectivity index (χ1v) is 6.96. The van der Waals surface area contributed by atoms with E-state index < -0.39 is 0 Å². The summed E-state index contributed by atoms with van der Waals surface area (Å²) in [5.41, 5.74) is 1.11. The van der Waals surface area contributed by atoms with Gasteiger partial charge >= 0.3 is 0 Å². The molecule has 5 heteroatoms. The fourth-order valence-corrected chi connectivity index (χ4v) is 2.37. The molecule has 0 radical (unpaired) electrons. The summed E-state index contributed by atoms with van der Waals surface area (Å²) < 4.78 is 11.3. The highest BCUT2D eigenvalue weighted by Crippen LogP contribution is 2.31. The normalized spacial score (nSPS) is 19.6. The maximum Gasteiger partial charge on any atom is 0.161 e. The molecule has 0 amide bonds. The fourth-order valence-electron chi connectivity index (χ4n) is 2.37. The first-order chi connectivity index (χ1) is 10.2. The second kappa shape index (κ2) is 7.24. The number of nitrogens with zero attached hydrogens (tertiary/aromatic N) is 1. The number of likely N-dealkylation sites (N-methyl/N-ethyl adjacent to an activating group) is 1. The van der Waals surface area contributed by atoms with E-state index >= 15 is 0 Å². The first-order valence-electron chi connectivity index (χ1n) is 6.96. The maximum atomic E-state index is 10.7. The lowest BCUT2D eigenvalue weighted by molar-refractivity contribution is -0.105. The Morgan fingerprint density at radius 3 is 2.86 bits per heavy atom. The Labute approximate surface area is 124 Å². The number of rotatable bonds is 6. The van der Waals surface area contributed by atoms with E-state index in [4.69, 9.17) is 14.6 Å². The van der Waals surface area contributed by atoms with Crippen LogP contribution in [0.3, 0.4) is 0 Å². The summed E-state index contributed by atoms with van der Waals surface area (Å²) in [6, 6.07) is 5.48. The van der Waals surface area contributed by atoms with Crippen LogP contribution < -0.4 is 9.47 Å². The molecule has 1 aliphatic rings. The van der Waals surface area contributed by atoms with Crippen molar-refractivity contribution < 1.29 is 19.4 Å². The molecule has 1 heterocycles. The van der Waals surface area contributed by atoms with Gasteiger partial charge in [0.05, 0.1) is 13.7 Å². The van der Waals surface area contributed by atoms with Crippen LogP contribution >= 0.6 is 0 Å². The quantitative estimate of drug-likeness (QED) is 0.633. The largest absolute Gasteiger partial charge is 0.493 e. The van der Waals surface area contributed by atoms with Crippen LogP contribution in [0.1, 0.15) is 12.0 Å². The van der Waals surface area contributed by atoms with Gasteiger partial charge in [0, 0.05) is 18.7 Å². The Morgan fingerprint density at radius 1 is 1.48 bits per heavy atom. The van der Waals surface area contributed by atoms with Gasteiger partial charge in [0.1, 0.15) is 12.4 Å². The first kappa shape index (κ1) is 15.5. The lowest BCUT2D eigenvalue weighted by Crippen LogP contribution is -2.21. The summed E-state index contributed by atoms with van der Waals surface area (Å²) in [5, 5.41) is 9.02. The van der Waals surface area contributed by atoms with Crippen LogP contribution in [-0.2, 0) is 4.79 Å². The molecule has 1 N–H and O–H groups in total. The smallest absolute Gasteiger partial charge is 0.161 e. The minimum atomic E-state index is -0.279. The molecular weight excluding hydrogens is 270 g/mol. The second-order valence-corrected chi connectivity index (χ2v) is 5.20. The number of aldehydes is 1. The number of hydrogen-bond donors (Lipinski definition) is 1. The molecule has 1 unspecified atom stereocenters. The Morgan fingerprint density at radius 2 is 2.29 bits per heavy atom. The van der Waals surface area contributed by atoms with E-state index in [1.165, 1.54) is 0 Å². The summed E-state index contributed by atoms with van der Waals surface area (Å²) >= 11 is 0. The molecule has 2 rings (SSSR count). The van der Waals surface area contributed by atoms with Crippen molar-refractivity contribution in [3.63, 3.8) is 0 Å². The van der Waals surface area contributed by atoms with Crippen molar-refractivity contribution in [2.45, 2.75) is 12.5 Å². The van der Waals surface area contributed by atoms with Gasteiger partial charge in [-0.1, -0.05) is 6.07 Å². The molecule has 1 saturated heterocycles. The zero-order valence-electron chi connectivity index (χ0n) is 12.4. The van der Waals surface area contributed by atoms with E-state index in [-0.39, 0.29) is 12.7 Å². The van der Waals surface area contributed by atoms with Gasteiger partial charge in [-0.15, -0.1) is 0 Å². The van der Waals surface area contributed by atoms with Crippen LogP contribution in [0.15, 0.2) is 23.8 Å². The Bertz CT molecular complexity index is 527. The highest BCUT2D eigenvalue weighted by atomic mass is 16.5. The number of ether oxygens (including phenoxy) is 2. The number of carbonyl (C=O) groups excluding carboxylic acids is 1. The number of aliphatic hydroxyl groups is 1. The van der Waals surface area contributed by atoms with Crippen molar-refractivity contribution >= 4 is 12.4 Å². The van der Waals surface area contributed by atoms with Crippen molar-refractivity contribution in [3.05, 3.63) is 29.3 Å². The molecule has 1 atom stereocenters.